The van der Waals surface area contributed by atoms with Gasteiger partial charge in [-0.3, -0.25) is 4.79 Å². The summed E-state index contributed by atoms with van der Waals surface area (Å²) in [7, 11) is 0. The Morgan fingerprint density at radius 3 is 2.54 bits per heavy atom. The molecule has 0 atom stereocenters. The Labute approximate surface area is 80.1 Å². The summed E-state index contributed by atoms with van der Waals surface area (Å²) < 4.78 is 0. The Balaban J connectivity index is 2.59. The second kappa shape index (κ2) is 4.32. The molecule has 72 valence electrons. The zero-order valence-electron chi connectivity index (χ0n) is 8.23. The van der Waals surface area contributed by atoms with E-state index in [1.54, 1.807) is 0 Å². The summed E-state index contributed by atoms with van der Waals surface area (Å²) in [5.74, 6) is 2.82. The highest BCUT2D eigenvalue weighted by molar-refractivity contribution is 5.77. The zero-order chi connectivity index (χ0) is 9.73. The van der Waals surface area contributed by atoms with Crippen molar-refractivity contribution in [3.8, 4) is 12.3 Å². The molecule has 0 unspecified atom stereocenters. The first-order chi connectivity index (χ1) is 6.22. The third-order valence-corrected chi connectivity index (χ3v) is 2.68. The molecule has 1 saturated carbocycles. The Bertz CT molecular complexity index is 221. The van der Waals surface area contributed by atoms with Gasteiger partial charge in [-0.05, 0) is 12.8 Å². The van der Waals surface area contributed by atoms with E-state index < -0.39 is 0 Å². The Morgan fingerprint density at radius 2 is 2.08 bits per heavy atom. The number of hydrogen-bond acceptors (Lipinski definition) is 1. The first-order valence-electron chi connectivity index (χ1n) is 5.01. The first-order valence-corrected chi connectivity index (χ1v) is 5.01. The molecule has 0 aromatic carbocycles. The van der Waals surface area contributed by atoms with E-state index in [9.17, 15) is 4.79 Å². The quantitative estimate of drug-likeness (QED) is 0.644. The molecular weight excluding hydrogens is 162 g/mol. The topological polar surface area (TPSA) is 29.1 Å². The number of carbonyl (C=O) groups is 1. The third kappa shape index (κ3) is 2.48. The van der Waals surface area contributed by atoms with Gasteiger partial charge in [-0.15, -0.1) is 6.42 Å². The van der Waals surface area contributed by atoms with Crippen molar-refractivity contribution in [1.29, 1.82) is 0 Å². The molecule has 0 spiro atoms. The molecule has 0 aromatic heterocycles. The van der Waals surface area contributed by atoms with Crippen LogP contribution in [0.5, 0.6) is 0 Å². The van der Waals surface area contributed by atoms with Crippen molar-refractivity contribution >= 4 is 5.91 Å². The van der Waals surface area contributed by atoms with E-state index in [2.05, 4.69) is 11.2 Å². The third-order valence-electron chi connectivity index (χ3n) is 2.68. The number of nitrogens with one attached hydrogen (secondary N) is 1. The summed E-state index contributed by atoms with van der Waals surface area (Å²) in [6.07, 6.45) is 11.4. The minimum absolute atomic E-state index is 0.0693. The molecule has 0 radical (unpaired) electrons. The van der Waals surface area contributed by atoms with Crippen LogP contribution in [-0.4, -0.2) is 11.4 Å². The van der Waals surface area contributed by atoms with Crippen molar-refractivity contribution in [2.75, 3.05) is 0 Å². The summed E-state index contributed by atoms with van der Waals surface area (Å²) in [4.78, 5) is 11.2. The van der Waals surface area contributed by atoms with Gasteiger partial charge in [0.1, 0.15) is 5.54 Å². The molecule has 0 saturated heterocycles. The highest BCUT2D eigenvalue weighted by Gasteiger charge is 2.30. The summed E-state index contributed by atoms with van der Waals surface area (Å²) in [6, 6.07) is 0. The Morgan fingerprint density at radius 1 is 1.46 bits per heavy atom. The molecule has 2 heteroatoms. The fourth-order valence-electron chi connectivity index (χ4n) is 1.82. The van der Waals surface area contributed by atoms with E-state index in [4.69, 9.17) is 6.42 Å². The summed E-state index contributed by atoms with van der Waals surface area (Å²) in [6.45, 7) is 1.85. The maximum atomic E-state index is 11.2. The maximum absolute atomic E-state index is 11.2. The number of hydrogen-bond donors (Lipinski definition) is 1. The van der Waals surface area contributed by atoms with Crippen molar-refractivity contribution in [2.24, 2.45) is 0 Å². The predicted octanol–water partition coefficient (Wildman–Crippen LogP) is 1.85. The van der Waals surface area contributed by atoms with Crippen LogP contribution in [0.15, 0.2) is 0 Å². The SMILES string of the molecule is C#CC1(NC(=O)CC)CCCCC1. The minimum atomic E-state index is -0.328. The largest absolute Gasteiger partial charge is 0.340 e. The van der Waals surface area contributed by atoms with E-state index in [1.165, 1.54) is 6.42 Å². The molecule has 0 aliphatic heterocycles. The minimum Gasteiger partial charge on any atom is -0.340 e. The molecule has 0 heterocycles. The van der Waals surface area contributed by atoms with Crippen molar-refractivity contribution in [1.82, 2.24) is 5.32 Å². The molecule has 0 bridgehead atoms. The van der Waals surface area contributed by atoms with Gasteiger partial charge in [0.2, 0.25) is 5.91 Å². The lowest BCUT2D eigenvalue weighted by Gasteiger charge is -2.33. The van der Waals surface area contributed by atoms with Gasteiger partial charge in [-0.2, -0.15) is 0 Å². The van der Waals surface area contributed by atoms with Crippen LogP contribution in [0.3, 0.4) is 0 Å². The average molecular weight is 179 g/mol. The van der Waals surface area contributed by atoms with E-state index in [1.807, 2.05) is 6.92 Å². The fourth-order valence-corrected chi connectivity index (χ4v) is 1.82. The molecule has 1 aliphatic carbocycles. The van der Waals surface area contributed by atoms with Gasteiger partial charge < -0.3 is 5.32 Å². The van der Waals surface area contributed by atoms with Gasteiger partial charge in [-0.1, -0.05) is 32.1 Å². The lowest BCUT2D eigenvalue weighted by molar-refractivity contribution is -0.122. The molecule has 1 amide bonds. The van der Waals surface area contributed by atoms with Gasteiger partial charge >= 0.3 is 0 Å². The van der Waals surface area contributed by atoms with Crippen LogP contribution in [0.25, 0.3) is 0 Å². The van der Waals surface area contributed by atoms with Gasteiger partial charge in [0.15, 0.2) is 0 Å². The summed E-state index contributed by atoms with van der Waals surface area (Å²) >= 11 is 0. The maximum Gasteiger partial charge on any atom is 0.220 e. The lowest BCUT2D eigenvalue weighted by atomic mass is 9.82. The van der Waals surface area contributed by atoms with Crippen molar-refractivity contribution in [3.63, 3.8) is 0 Å². The van der Waals surface area contributed by atoms with E-state index in [0.29, 0.717) is 6.42 Å². The van der Waals surface area contributed by atoms with Crippen LogP contribution >= 0.6 is 0 Å². The fraction of sp³-hybridized carbons (Fsp3) is 0.727. The molecule has 1 N–H and O–H groups in total. The molecule has 1 fully saturated rings. The van der Waals surface area contributed by atoms with Gasteiger partial charge in [0.05, 0.1) is 0 Å². The summed E-state index contributed by atoms with van der Waals surface area (Å²) in [5, 5.41) is 2.96. The second-order valence-electron chi connectivity index (χ2n) is 3.69. The lowest BCUT2D eigenvalue weighted by Crippen LogP contribution is -2.48. The smallest absolute Gasteiger partial charge is 0.220 e. The first kappa shape index (κ1) is 10.1. The highest BCUT2D eigenvalue weighted by atomic mass is 16.1. The normalized spacial score (nSPS) is 20.3. The van der Waals surface area contributed by atoms with Crippen LogP contribution in [-0.2, 0) is 4.79 Å². The van der Waals surface area contributed by atoms with Crippen LogP contribution in [0.4, 0.5) is 0 Å². The van der Waals surface area contributed by atoms with Crippen LogP contribution in [0.2, 0.25) is 0 Å². The average Bonchev–Trinajstić information content (AvgIpc) is 2.19. The molecule has 2 nitrogen and oxygen atoms in total. The predicted molar refractivity (Wildman–Crippen MR) is 53.1 cm³/mol. The Hall–Kier alpha value is -0.970. The van der Waals surface area contributed by atoms with Crippen molar-refractivity contribution in [2.45, 2.75) is 51.0 Å². The molecule has 0 aromatic rings. The van der Waals surface area contributed by atoms with Gasteiger partial charge in [-0.25, -0.2) is 0 Å². The van der Waals surface area contributed by atoms with Crippen LogP contribution in [0.1, 0.15) is 45.4 Å². The second-order valence-corrected chi connectivity index (χ2v) is 3.69. The number of carbonyl (C=O) groups excluding carboxylic acids is 1. The summed E-state index contributed by atoms with van der Waals surface area (Å²) in [5.41, 5.74) is -0.328. The van der Waals surface area contributed by atoms with Crippen LogP contribution in [0, 0.1) is 12.3 Å². The van der Waals surface area contributed by atoms with E-state index in [-0.39, 0.29) is 11.4 Å². The van der Waals surface area contributed by atoms with Crippen molar-refractivity contribution < 1.29 is 4.79 Å². The molecule has 13 heavy (non-hydrogen) atoms. The highest BCUT2D eigenvalue weighted by Crippen LogP contribution is 2.27. The van der Waals surface area contributed by atoms with Gasteiger partial charge in [0.25, 0.3) is 0 Å². The number of terminal acetylenes is 1. The number of rotatable bonds is 2. The molecular formula is C11H17NO. The van der Waals surface area contributed by atoms with Crippen molar-refractivity contribution in [3.05, 3.63) is 0 Å². The van der Waals surface area contributed by atoms with Crippen LogP contribution < -0.4 is 5.32 Å². The van der Waals surface area contributed by atoms with E-state index >= 15 is 0 Å². The van der Waals surface area contributed by atoms with Gasteiger partial charge in [0, 0.05) is 6.42 Å². The molecule has 1 rings (SSSR count). The zero-order valence-corrected chi connectivity index (χ0v) is 8.23. The number of amides is 1. The Kier molecular flexibility index (Phi) is 3.36. The standard InChI is InChI=1S/C11H17NO/c1-3-10(13)12-11(4-2)8-6-5-7-9-11/h2H,3,5-9H2,1H3,(H,12,13). The monoisotopic (exact) mass is 179 g/mol. The molecule has 1 aliphatic rings. The van der Waals surface area contributed by atoms with E-state index in [0.717, 1.165) is 25.7 Å².